The van der Waals surface area contributed by atoms with Crippen LogP contribution < -0.4 is 4.57 Å². The summed E-state index contributed by atoms with van der Waals surface area (Å²) < 4.78 is 8.22. The Balaban J connectivity index is 2.15. The standard InChI is InChI=1S/C20H15N2O/c1-13-5-3-4-6-15(13)19-20-16(9-10-22(19)2)17-11-14(12-21)7-8-18(17)23-20/h3-11H,1-2H3/q+1. The molecule has 23 heavy (non-hydrogen) atoms. The van der Waals surface area contributed by atoms with Crippen molar-refractivity contribution in [1.82, 2.24) is 0 Å². The van der Waals surface area contributed by atoms with Crippen LogP contribution in [0.15, 0.2) is 59.1 Å². The summed E-state index contributed by atoms with van der Waals surface area (Å²) in [5, 5.41) is 11.2. The Morgan fingerprint density at radius 3 is 2.65 bits per heavy atom. The van der Waals surface area contributed by atoms with Gasteiger partial charge in [0.25, 0.3) is 5.69 Å². The van der Waals surface area contributed by atoms with E-state index < -0.39 is 0 Å². The maximum atomic E-state index is 9.14. The minimum absolute atomic E-state index is 0.644. The van der Waals surface area contributed by atoms with Crippen LogP contribution in [-0.2, 0) is 7.05 Å². The molecule has 3 nitrogen and oxygen atoms in total. The summed E-state index contributed by atoms with van der Waals surface area (Å²) in [5.41, 5.74) is 5.71. The number of furan rings is 1. The number of fused-ring (bicyclic) bond motifs is 3. The Labute approximate surface area is 134 Å². The van der Waals surface area contributed by atoms with E-state index in [-0.39, 0.29) is 0 Å². The van der Waals surface area contributed by atoms with E-state index in [1.807, 2.05) is 43.6 Å². The van der Waals surface area contributed by atoms with Gasteiger partial charge in [-0.15, -0.1) is 0 Å². The molecule has 0 saturated heterocycles. The van der Waals surface area contributed by atoms with E-state index in [2.05, 4.69) is 29.7 Å². The molecule has 0 saturated carbocycles. The van der Waals surface area contributed by atoms with Gasteiger partial charge in [-0.25, -0.2) is 0 Å². The van der Waals surface area contributed by atoms with Crippen LogP contribution >= 0.6 is 0 Å². The molecule has 2 aromatic heterocycles. The lowest BCUT2D eigenvalue weighted by atomic mass is 10.0. The number of pyridine rings is 1. The van der Waals surface area contributed by atoms with Gasteiger partial charge in [0.05, 0.1) is 17.2 Å². The Morgan fingerprint density at radius 1 is 1.04 bits per heavy atom. The third kappa shape index (κ3) is 2.00. The van der Waals surface area contributed by atoms with Gasteiger partial charge in [0.2, 0.25) is 5.58 Å². The fourth-order valence-corrected chi connectivity index (χ4v) is 3.10. The molecule has 4 aromatic rings. The zero-order valence-electron chi connectivity index (χ0n) is 13.0. The van der Waals surface area contributed by atoms with Gasteiger partial charge in [-0.3, -0.25) is 0 Å². The molecule has 110 valence electrons. The molecule has 0 unspecified atom stereocenters. The van der Waals surface area contributed by atoms with E-state index in [9.17, 15) is 0 Å². The van der Waals surface area contributed by atoms with Crippen LogP contribution in [0.1, 0.15) is 11.1 Å². The Hall–Kier alpha value is -3.12. The van der Waals surface area contributed by atoms with Crippen LogP contribution in [0.5, 0.6) is 0 Å². The van der Waals surface area contributed by atoms with E-state index in [4.69, 9.17) is 9.68 Å². The predicted octanol–water partition coefficient (Wildman–Crippen LogP) is 4.26. The molecule has 2 aromatic carbocycles. The summed E-state index contributed by atoms with van der Waals surface area (Å²) in [6.07, 6.45) is 2.04. The van der Waals surface area contributed by atoms with E-state index in [1.165, 1.54) is 5.56 Å². The summed E-state index contributed by atoms with van der Waals surface area (Å²) in [5.74, 6) is 0. The van der Waals surface area contributed by atoms with Gasteiger partial charge in [-0.1, -0.05) is 18.2 Å². The van der Waals surface area contributed by atoms with Gasteiger partial charge in [0, 0.05) is 16.8 Å². The maximum Gasteiger partial charge on any atom is 0.256 e. The highest BCUT2D eigenvalue weighted by Gasteiger charge is 2.21. The van der Waals surface area contributed by atoms with Crippen LogP contribution in [-0.4, -0.2) is 0 Å². The second kappa shape index (κ2) is 4.96. The predicted molar refractivity (Wildman–Crippen MR) is 89.8 cm³/mol. The molecule has 0 aliphatic heterocycles. The van der Waals surface area contributed by atoms with Crippen molar-refractivity contribution in [1.29, 1.82) is 5.26 Å². The minimum atomic E-state index is 0.644. The second-order valence-electron chi connectivity index (χ2n) is 5.76. The van der Waals surface area contributed by atoms with Crippen molar-refractivity contribution in [2.45, 2.75) is 6.92 Å². The summed E-state index contributed by atoms with van der Waals surface area (Å²) in [4.78, 5) is 0. The molecule has 0 atom stereocenters. The molecule has 0 amide bonds. The molecule has 0 radical (unpaired) electrons. The molecule has 4 rings (SSSR count). The quantitative estimate of drug-likeness (QED) is 0.493. The van der Waals surface area contributed by atoms with Gasteiger partial charge in [-0.05, 0) is 36.8 Å². The molecule has 0 bridgehead atoms. The van der Waals surface area contributed by atoms with Gasteiger partial charge in [0.15, 0.2) is 6.20 Å². The van der Waals surface area contributed by atoms with Gasteiger partial charge >= 0.3 is 0 Å². The fourth-order valence-electron chi connectivity index (χ4n) is 3.10. The summed E-state index contributed by atoms with van der Waals surface area (Å²) in [6.45, 7) is 2.10. The van der Waals surface area contributed by atoms with Crippen molar-refractivity contribution in [3.8, 4) is 17.3 Å². The molecule has 0 spiro atoms. The summed E-state index contributed by atoms with van der Waals surface area (Å²) in [6, 6.07) is 18.1. The average Bonchev–Trinajstić information content (AvgIpc) is 2.93. The monoisotopic (exact) mass is 299 g/mol. The minimum Gasteiger partial charge on any atom is -0.449 e. The van der Waals surface area contributed by atoms with Crippen LogP contribution in [0.2, 0.25) is 0 Å². The number of aryl methyl sites for hydroxylation is 2. The van der Waals surface area contributed by atoms with Crippen molar-refractivity contribution in [2.24, 2.45) is 7.05 Å². The first-order chi connectivity index (χ1) is 11.2. The van der Waals surface area contributed by atoms with E-state index in [0.717, 1.165) is 33.2 Å². The van der Waals surface area contributed by atoms with Crippen molar-refractivity contribution in [3.63, 3.8) is 0 Å². The highest BCUT2D eigenvalue weighted by Crippen LogP contribution is 2.34. The number of hydrogen-bond donors (Lipinski definition) is 0. The van der Waals surface area contributed by atoms with Crippen molar-refractivity contribution in [2.75, 3.05) is 0 Å². The fraction of sp³-hybridized carbons (Fsp3) is 0.100. The molecular weight excluding hydrogens is 284 g/mol. The topological polar surface area (TPSA) is 40.8 Å². The summed E-state index contributed by atoms with van der Waals surface area (Å²) in [7, 11) is 2.02. The SMILES string of the molecule is Cc1ccccc1-c1c2oc3ccc(C#N)cc3c2cc[n+]1C. The van der Waals surface area contributed by atoms with Gasteiger partial charge in [-0.2, -0.15) is 9.83 Å². The average molecular weight is 299 g/mol. The molecular formula is C20H15N2O+. The maximum absolute atomic E-state index is 9.14. The molecule has 0 N–H and O–H groups in total. The first kappa shape index (κ1) is 13.5. The smallest absolute Gasteiger partial charge is 0.256 e. The van der Waals surface area contributed by atoms with Crippen LogP contribution in [0, 0.1) is 18.3 Å². The highest BCUT2D eigenvalue weighted by molar-refractivity contribution is 6.08. The Morgan fingerprint density at radius 2 is 1.87 bits per heavy atom. The highest BCUT2D eigenvalue weighted by atomic mass is 16.3. The number of nitrogens with zero attached hydrogens (tertiary/aromatic N) is 2. The van der Waals surface area contributed by atoms with Crippen LogP contribution in [0.25, 0.3) is 33.2 Å². The molecule has 0 aliphatic rings. The first-order valence-corrected chi connectivity index (χ1v) is 7.50. The van der Waals surface area contributed by atoms with Crippen molar-refractivity contribution >= 4 is 21.9 Å². The van der Waals surface area contributed by atoms with Gasteiger partial charge < -0.3 is 4.42 Å². The van der Waals surface area contributed by atoms with Crippen molar-refractivity contribution in [3.05, 3.63) is 65.9 Å². The lowest BCUT2D eigenvalue weighted by Crippen LogP contribution is -2.30. The second-order valence-corrected chi connectivity index (χ2v) is 5.76. The van der Waals surface area contributed by atoms with Crippen LogP contribution in [0.4, 0.5) is 0 Å². The number of hydrogen-bond acceptors (Lipinski definition) is 2. The number of rotatable bonds is 1. The molecule has 2 heterocycles. The molecule has 0 aliphatic carbocycles. The zero-order valence-corrected chi connectivity index (χ0v) is 13.0. The van der Waals surface area contributed by atoms with E-state index >= 15 is 0 Å². The number of aromatic nitrogens is 1. The zero-order chi connectivity index (χ0) is 16.0. The summed E-state index contributed by atoms with van der Waals surface area (Å²) >= 11 is 0. The van der Waals surface area contributed by atoms with Crippen LogP contribution in [0.3, 0.4) is 0 Å². The Bertz CT molecular complexity index is 1100. The van der Waals surface area contributed by atoms with E-state index in [1.54, 1.807) is 6.07 Å². The lowest BCUT2D eigenvalue weighted by molar-refractivity contribution is -0.659. The normalized spacial score (nSPS) is 11.0. The molecule has 0 fully saturated rings. The van der Waals surface area contributed by atoms with Crippen molar-refractivity contribution < 1.29 is 8.98 Å². The van der Waals surface area contributed by atoms with E-state index in [0.29, 0.717) is 5.56 Å². The Kier molecular flexibility index (Phi) is 2.92. The lowest BCUT2D eigenvalue weighted by Gasteiger charge is -2.04. The molecule has 3 heteroatoms. The first-order valence-electron chi connectivity index (χ1n) is 7.50. The third-order valence-electron chi connectivity index (χ3n) is 4.29. The third-order valence-corrected chi connectivity index (χ3v) is 4.29. The number of nitriles is 1. The van der Waals surface area contributed by atoms with Gasteiger partial charge in [0.1, 0.15) is 12.6 Å². The largest absolute Gasteiger partial charge is 0.449 e. The number of benzene rings is 2.